The van der Waals surface area contributed by atoms with Gasteiger partial charge in [-0.25, -0.2) is 0 Å². The highest BCUT2D eigenvalue weighted by molar-refractivity contribution is 5.69. The van der Waals surface area contributed by atoms with Crippen LogP contribution in [0, 0.1) is 40.4 Å². The molecule has 8 atom stereocenters. The molecule has 7 unspecified atom stereocenters. The molecule has 4 nitrogen and oxygen atoms in total. The predicted octanol–water partition coefficient (Wildman–Crippen LogP) is 6.09. The van der Waals surface area contributed by atoms with E-state index in [1.165, 1.54) is 46.1 Å². The van der Waals surface area contributed by atoms with Crippen LogP contribution in [-0.2, 0) is 19.1 Å². The lowest BCUT2D eigenvalue weighted by molar-refractivity contribution is -0.151. The van der Waals surface area contributed by atoms with Crippen molar-refractivity contribution in [3.63, 3.8) is 0 Å². The van der Waals surface area contributed by atoms with E-state index in [1.54, 1.807) is 5.57 Å². The Morgan fingerprint density at radius 2 is 1.94 bits per heavy atom. The molecule has 0 N–H and O–H groups in total. The van der Waals surface area contributed by atoms with Crippen molar-refractivity contribution in [2.45, 2.75) is 98.0 Å². The van der Waals surface area contributed by atoms with Gasteiger partial charge in [0.25, 0.3) is 0 Å². The van der Waals surface area contributed by atoms with E-state index in [0.29, 0.717) is 29.6 Å². The summed E-state index contributed by atoms with van der Waals surface area (Å²) in [6.07, 6.45) is 13.8. The van der Waals surface area contributed by atoms with Gasteiger partial charge in [-0.2, -0.15) is 0 Å². The first-order valence-electron chi connectivity index (χ1n) is 12.6. The van der Waals surface area contributed by atoms with E-state index in [-0.39, 0.29) is 23.5 Å². The van der Waals surface area contributed by atoms with E-state index in [2.05, 4.69) is 26.8 Å². The number of fused-ring (bicyclic) bond motifs is 5. The van der Waals surface area contributed by atoms with Gasteiger partial charge in [-0.15, -0.1) is 0 Å². The van der Waals surface area contributed by atoms with E-state index in [0.717, 1.165) is 37.5 Å². The van der Waals surface area contributed by atoms with E-state index in [4.69, 9.17) is 9.47 Å². The van der Waals surface area contributed by atoms with Crippen LogP contribution >= 0.6 is 0 Å². The third kappa shape index (κ3) is 3.97. The van der Waals surface area contributed by atoms with Gasteiger partial charge >= 0.3 is 11.9 Å². The van der Waals surface area contributed by atoms with Crippen molar-refractivity contribution < 1.29 is 19.1 Å². The van der Waals surface area contributed by atoms with Crippen LogP contribution < -0.4 is 0 Å². The van der Waals surface area contributed by atoms with Gasteiger partial charge in [0.2, 0.25) is 0 Å². The number of carbonyl (C=O) groups is 2. The van der Waals surface area contributed by atoms with Crippen molar-refractivity contribution in [3.05, 3.63) is 11.6 Å². The maximum absolute atomic E-state index is 11.7. The summed E-state index contributed by atoms with van der Waals surface area (Å²) in [5, 5.41) is 0. The van der Waals surface area contributed by atoms with Gasteiger partial charge in [0, 0.05) is 13.3 Å². The van der Waals surface area contributed by atoms with E-state index in [9.17, 15) is 9.59 Å². The van der Waals surface area contributed by atoms with Crippen molar-refractivity contribution in [3.8, 4) is 0 Å². The Balaban J connectivity index is 1.50. The van der Waals surface area contributed by atoms with Crippen LogP contribution in [0.5, 0.6) is 0 Å². The lowest BCUT2D eigenvalue weighted by Crippen LogP contribution is -2.49. The quantitative estimate of drug-likeness (QED) is 0.391. The molecule has 0 bridgehead atoms. The number of rotatable bonds is 5. The average molecular weight is 431 g/mol. The third-order valence-electron chi connectivity index (χ3n) is 10.1. The van der Waals surface area contributed by atoms with Crippen LogP contribution in [-0.4, -0.2) is 25.2 Å². The van der Waals surface area contributed by atoms with Gasteiger partial charge in [0.05, 0.1) is 7.11 Å². The topological polar surface area (TPSA) is 52.6 Å². The van der Waals surface area contributed by atoms with Crippen LogP contribution in [0.15, 0.2) is 11.6 Å². The van der Waals surface area contributed by atoms with Gasteiger partial charge in [-0.05, 0) is 98.2 Å². The highest BCUT2D eigenvalue weighted by atomic mass is 16.5. The van der Waals surface area contributed by atoms with Gasteiger partial charge in [-0.3, -0.25) is 9.59 Å². The van der Waals surface area contributed by atoms with Crippen molar-refractivity contribution in [2.24, 2.45) is 40.4 Å². The normalized spacial score (nSPS) is 42.5. The number of hydrogen-bond acceptors (Lipinski definition) is 4. The number of esters is 2. The second kappa shape index (κ2) is 8.56. The summed E-state index contributed by atoms with van der Waals surface area (Å²) < 4.78 is 10.5. The van der Waals surface area contributed by atoms with Gasteiger partial charge in [0.15, 0.2) is 0 Å². The highest BCUT2D eigenvalue weighted by Crippen LogP contribution is 2.66. The van der Waals surface area contributed by atoms with Crippen LogP contribution in [0.4, 0.5) is 0 Å². The second-order valence-electron chi connectivity index (χ2n) is 11.6. The zero-order valence-corrected chi connectivity index (χ0v) is 20.2. The molecule has 4 aliphatic carbocycles. The first-order valence-corrected chi connectivity index (χ1v) is 12.6. The fourth-order valence-electron chi connectivity index (χ4n) is 8.45. The number of allylic oxidation sites excluding steroid dienone is 2. The summed E-state index contributed by atoms with van der Waals surface area (Å²) in [6.45, 7) is 8.95. The Labute approximate surface area is 188 Å². The molecule has 0 spiro atoms. The summed E-state index contributed by atoms with van der Waals surface area (Å²) in [4.78, 5) is 23.1. The third-order valence-corrected chi connectivity index (χ3v) is 10.1. The summed E-state index contributed by atoms with van der Waals surface area (Å²) in [6, 6.07) is 0. The number of hydrogen-bond donors (Lipinski definition) is 0. The molecular formula is C27H42O4. The molecule has 0 saturated heterocycles. The summed E-state index contributed by atoms with van der Waals surface area (Å²) in [5.41, 5.74) is 2.40. The molecule has 4 heteroatoms. The number of carbonyl (C=O) groups excluding carboxylic acids is 2. The van der Waals surface area contributed by atoms with Crippen molar-refractivity contribution in [2.75, 3.05) is 7.11 Å². The zero-order chi connectivity index (χ0) is 22.4. The largest absolute Gasteiger partial charge is 0.469 e. The van der Waals surface area contributed by atoms with Crippen LogP contribution in [0.1, 0.15) is 91.9 Å². The maximum atomic E-state index is 11.7. The lowest BCUT2D eigenvalue weighted by Gasteiger charge is -2.57. The fraction of sp³-hybridized carbons (Fsp3) is 0.852. The Bertz CT molecular complexity index is 742. The smallest absolute Gasteiger partial charge is 0.305 e. The van der Waals surface area contributed by atoms with Gasteiger partial charge < -0.3 is 9.47 Å². The minimum absolute atomic E-state index is 0.0759. The molecule has 0 aliphatic heterocycles. The fourth-order valence-corrected chi connectivity index (χ4v) is 8.45. The SMILES string of the molecule is COC(=O)CCC(C)C1CCC2C3CCC4C[C@H](OC(C)=O)CCC4(C)C3=CCC12C. The van der Waals surface area contributed by atoms with Gasteiger partial charge in [0.1, 0.15) is 6.10 Å². The van der Waals surface area contributed by atoms with E-state index >= 15 is 0 Å². The Kier molecular flexibility index (Phi) is 6.31. The standard InChI is InChI=1S/C27H42O4/c1-17(6-11-25(29)30-5)22-9-10-23-21-8-7-19-16-20(31-18(2)28)12-14-26(19,3)24(21)13-15-27(22,23)4/h13,17,19-23H,6-12,14-16H2,1-5H3/t17?,19?,20-,21?,22?,23?,26?,27?/m1/s1. The first kappa shape index (κ1) is 22.9. The van der Waals surface area contributed by atoms with Crippen LogP contribution in [0.3, 0.4) is 0 Å². The molecule has 0 aromatic heterocycles. The van der Waals surface area contributed by atoms with Crippen LogP contribution in [0.25, 0.3) is 0 Å². The molecule has 174 valence electrons. The van der Waals surface area contributed by atoms with Crippen LogP contribution in [0.2, 0.25) is 0 Å². The summed E-state index contributed by atoms with van der Waals surface area (Å²) in [5.74, 6) is 3.21. The van der Waals surface area contributed by atoms with Crippen molar-refractivity contribution in [1.82, 2.24) is 0 Å². The predicted molar refractivity (Wildman–Crippen MR) is 121 cm³/mol. The molecule has 0 aromatic rings. The van der Waals surface area contributed by atoms with Crippen molar-refractivity contribution in [1.29, 1.82) is 0 Å². The molecule has 0 heterocycles. The monoisotopic (exact) mass is 430 g/mol. The Hall–Kier alpha value is -1.32. The molecular weight excluding hydrogens is 388 g/mol. The minimum atomic E-state index is -0.131. The Morgan fingerprint density at radius 3 is 2.65 bits per heavy atom. The highest BCUT2D eigenvalue weighted by Gasteiger charge is 2.57. The molecule has 0 radical (unpaired) electrons. The van der Waals surface area contributed by atoms with E-state index < -0.39 is 0 Å². The molecule has 3 saturated carbocycles. The van der Waals surface area contributed by atoms with E-state index in [1.807, 2.05) is 0 Å². The number of methoxy groups -OCH3 is 1. The molecule has 3 fully saturated rings. The zero-order valence-electron chi connectivity index (χ0n) is 20.2. The van der Waals surface area contributed by atoms with Crippen molar-refractivity contribution >= 4 is 11.9 Å². The van der Waals surface area contributed by atoms with Gasteiger partial charge in [-0.1, -0.05) is 32.4 Å². The molecule has 4 rings (SSSR count). The maximum Gasteiger partial charge on any atom is 0.305 e. The first-order chi connectivity index (χ1) is 14.7. The Morgan fingerprint density at radius 1 is 1.16 bits per heavy atom. The average Bonchev–Trinajstić information content (AvgIpc) is 3.09. The minimum Gasteiger partial charge on any atom is -0.469 e. The molecule has 0 amide bonds. The number of ether oxygens (including phenoxy) is 2. The summed E-state index contributed by atoms with van der Waals surface area (Å²) in [7, 11) is 1.49. The molecule has 31 heavy (non-hydrogen) atoms. The molecule has 0 aromatic carbocycles. The summed E-state index contributed by atoms with van der Waals surface area (Å²) >= 11 is 0. The second-order valence-corrected chi connectivity index (χ2v) is 11.6. The lowest BCUT2D eigenvalue weighted by atomic mass is 9.48. The molecule has 4 aliphatic rings.